The van der Waals surface area contributed by atoms with Crippen LogP contribution in [0.5, 0.6) is 5.75 Å². The molecule has 0 aliphatic carbocycles. The van der Waals surface area contributed by atoms with E-state index in [4.69, 9.17) is 20.8 Å². The number of nitrogens with one attached hydrogen (secondary N) is 1. The summed E-state index contributed by atoms with van der Waals surface area (Å²) in [7, 11) is 1.54. The van der Waals surface area contributed by atoms with E-state index in [-0.39, 0.29) is 5.91 Å². The van der Waals surface area contributed by atoms with Gasteiger partial charge in [-0.3, -0.25) is 4.79 Å². The monoisotopic (exact) mass is 378 g/mol. The molecule has 6 heteroatoms. The Bertz CT molecular complexity index is 1120. The average molecular weight is 379 g/mol. The van der Waals surface area contributed by atoms with Gasteiger partial charge in [0, 0.05) is 10.4 Å². The van der Waals surface area contributed by atoms with Crippen molar-refractivity contribution in [3.63, 3.8) is 0 Å². The minimum atomic E-state index is -0.290. The Balaban J connectivity index is 1.81. The van der Waals surface area contributed by atoms with Gasteiger partial charge in [-0.2, -0.15) is 0 Å². The Labute approximate surface area is 160 Å². The molecule has 0 saturated carbocycles. The molecule has 0 radical (unpaired) electrons. The van der Waals surface area contributed by atoms with Crippen LogP contribution >= 0.6 is 11.6 Å². The number of amides is 1. The quantitative estimate of drug-likeness (QED) is 0.515. The van der Waals surface area contributed by atoms with E-state index in [9.17, 15) is 4.79 Å². The van der Waals surface area contributed by atoms with Crippen LogP contribution in [0.4, 0.5) is 5.69 Å². The summed E-state index contributed by atoms with van der Waals surface area (Å²) in [5, 5.41) is 4.12. The standard InChI is InChI=1S/C21H15ClN2O3/c1-26-19-9-8-13(22)11-17(19)24-21(25)15-12-18(20-7-4-10-27-20)23-16-6-3-2-5-14(15)16/h2-12H,1H3,(H,24,25). The number of fused-ring (bicyclic) bond motifs is 1. The number of aromatic nitrogens is 1. The second kappa shape index (κ2) is 7.13. The van der Waals surface area contributed by atoms with Crippen molar-refractivity contribution in [3.05, 3.63) is 77.5 Å². The van der Waals surface area contributed by atoms with Crippen molar-refractivity contribution >= 4 is 34.1 Å². The zero-order chi connectivity index (χ0) is 18.8. The number of methoxy groups -OCH3 is 1. The molecule has 2 heterocycles. The summed E-state index contributed by atoms with van der Waals surface area (Å²) in [4.78, 5) is 17.7. The number of carbonyl (C=O) groups excluding carboxylic acids is 1. The summed E-state index contributed by atoms with van der Waals surface area (Å²) < 4.78 is 10.7. The van der Waals surface area contributed by atoms with Crippen LogP contribution in [0.25, 0.3) is 22.4 Å². The largest absolute Gasteiger partial charge is 0.495 e. The van der Waals surface area contributed by atoms with Gasteiger partial charge in [0.25, 0.3) is 5.91 Å². The predicted molar refractivity (Wildman–Crippen MR) is 105 cm³/mol. The topological polar surface area (TPSA) is 64.4 Å². The van der Waals surface area contributed by atoms with Crippen LogP contribution in [0.3, 0.4) is 0 Å². The third-order valence-corrected chi connectivity index (χ3v) is 4.38. The maximum Gasteiger partial charge on any atom is 0.256 e. The second-order valence-electron chi connectivity index (χ2n) is 5.85. The first kappa shape index (κ1) is 17.1. The third kappa shape index (κ3) is 3.37. The number of anilines is 1. The number of nitrogens with zero attached hydrogens (tertiary/aromatic N) is 1. The van der Waals surface area contributed by atoms with E-state index in [1.54, 1.807) is 42.7 Å². The molecule has 4 rings (SSSR count). The highest BCUT2D eigenvalue weighted by Gasteiger charge is 2.16. The molecule has 0 saturated heterocycles. The normalized spacial score (nSPS) is 10.7. The van der Waals surface area contributed by atoms with Gasteiger partial charge in [0.15, 0.2) is 5.76 Å². The summed E-state index contributed by atoms with van der Waals surface area (Å²) in [6.07, 6.45) is 1.57. The molecule has 1 N–H and O–H groups in total. The number of carbonyl (C=O) groups is 1. The Hall–Kier alpha value is -3.31. The number of hydrogen-bond acceptors (Lipinski definition) is 4. The number of pyridine rings is 1. The van der Waals surface area contributed by atoms with Crippen molar-refractivity contribution in [2.45, 2.75) is 0 Å². The summed E-state index contributed by atoms with van der Waals surface area (Å²) in [6, 6.07) is 17.8. The lowest BCUT2D eigenvalue weighted by Crippen LogP contribution is -2.14. The molecule has 0 aliphatic rings. The van der Waals surface area contributed by atoms with E-state index in [1.165, 1.54) is 7.11 Å². The van der Waals surface area contributed by atoms with E-state index in [1.807, 2.05) is 24.3 Å². The lowest BCUT2D eigenvalue weighted by molar-refractivity contribution is 0.102. The number of halogens is 1. The number of ether oxygens (including phenoxy) is 1. The lowest BCUT2D eigenvalue weighted by atomic mass is 10.1. The molecule has 0 spiro atoms. The van der Waals surface area contributed by atoms with Crippen molar-refractivity contribution < 1.29 is 13.9 Å². The first-order valence-electron chi connectivity index (χ1n) is 8.24. The average Bonchev–Trinajstić information content (AvgIpc) is 3.22. The van der Waals surface area contributed by atoms with Crippen molar-refractivity contribution in [2.75, 3.05) is 12.4 Å². The van der Waals surface area contributed by atoms with Crippen molar-refractivity contribution in [1.82, 2.24) is 4.98 Å². The van der Waals surface area contributed by atoms with Gasteiger partial charge in [0.1, 0.15) is 11.4 Å². The fourth-order valence-electron chi connectivity index (χ4n) is 2.88. The van der Waals surface area contributed by atoms with E-state index < -0.39 is 0 Å². The van der Waals surface area contributed by atoms with E-state index in [0.717, 1.165) is 5.39 Å². The van der Waals surface area contributed by atoms with Crippen molar-refractivity contribution in [1.29, 1.82) is 0 Å². The fourth-order valence-corrected chi connectivity index (χ4v) is 3.05. The molecule has 0 atom stereocenters. The molecular formula is C21H15ClN2O3. The first-order valence-corrected chi connectivity index (χ1v) is 8.62. The van der Waals surface area contributed by atoms with E-state index in [0.29, 0.717) is 39.0 Å². The van der Waals surface area contributed by atoms with Crippen LogP contribution in [0.2, 0.25) is 5.02 Å². The summed E-state index contributed by atoms with van der Waals surface area (Å²) in [6.45, 7) is 0. The maximum atomic E-state index is 13.1. The summed E-state index contributed by atoms with van der Waals surface area (Å²) in [5.74, 6) is 0.828. The minimum Gasteiger partial charge on any atom is -0.495 e. The van der Waals surface area contributed by atoms with Crippen LogP contribution in [0.15, 0.2) is 71.3 Å². The van der Waals surface area contributed by atoms with E-state index >= 15 is 0 Å². The number of rotatable bonds is 4. The van der Waals surface area contributed by atoms with Crippen molar-refractivity contribution in [3.8, 4) is 17.2 Å². The molecule has 0 bridgehead atoms. The van der Waals surface area contributed by atoms with Gasteiger partial charge < -0.3 is 14.5 Å². The Morgan fingerprint density at radius 3 is 2.74 bits per heavy atom. The van der Waals surface area contributed by atoms with Crippen molar-refractivity contribution in [2.24, 2.45) is 0 Å². The molecule has 2 aromatic heterocycles. The number of benzene rings is 2. The van der Waals surface area contributed by atoms with Gasteiger partial charge in [-0.1, -0.05) is 29.8 Å². The highest BCUT2D eigenvalue weighted by Crippen LogP contribution is 2.30. The Morgan fingerprint density at radius 1 is 1.11 bits per heavy atom. The zero-order valence-electron chi connectivity index (χ0n) is 14.4. The highest BCUT2D eigenvalue weighted by atomic mass is 35.5. The van der Waals surface area contributed by atoms with Crippen LogP contribution in [0.1, 0.15) is 10.4 Å². The molecule has 2 aromatic carbocycles. The van der Waals surface area contributed by atoms with Crippen LogP contribution < -0.4 is 10.1 Å². The summed E-state index contributed by atoms with van der Waals surface area (Å²) in [5.41, 5.74) is 2.26. The fraction of sp³-hybridized carbons (Fsp3) is 0.0476. The molecule has 0 fully saturated rings. The van der Waals surface area contributed by atoms with Gasteiger partial charge in [0.2, 0.25) is 0 Å². The van der Waals surface area contributed by atoms with E-state index in [2.05, 4.69) is 10.3 Å². The second-order valence-corrected chi connectivity index (χ2v) is 6.28. The molecular weight excluding hydrogens is 364 g/mol. The molecule has 134 valence electrons. The predicted octanol–water partition coefficient (Wildman–Crippen LogP) is 5.41. The first-order chi connectivity index (χ1) is 13.2. The molecule has 1 amide bonds. The molecule has 0 aliphatic heterocycles. The molecule has 5 nitrogen and oxygen atoms in total. The van der Waals surface area contributed by atoms with Gasteiger partial charge in [-0.05, 0) is 42.5 Å². The number of hydrogen-bond donors (Lipinski definition) is 1. The van der Waals surface area contributed by atoms with Gasteiger partial charge >= 0.3 is 0 Å². The number of furan rings is 1. The van der Waals surface area contributed by atoms with Crippen LogP contribution in [-0.2, 0) is 0 Å². The SMILES string of the molecule is COc1ccc(Cl)cc1NC(=O)c1cc(-c2ccco2)nc2ccccc12. The Kier molecular flexibility index (Phi) is 4.52. The lowest BCUT2D eigenvalue weighted by Gasteiger charge is -2.12. The van der Waals surface area contributed by atoms with Gasteiger partial charge in [0.05, 0.1) is 30.1 Å². The third-order valence-electron chi connectivity index (χ3n) is 4.14. The van der Waals surface area contributed by atoms with Gasteiger partial charge in [-0.25, -0.2) is 4.98 Å². The zero-order valence-corrected chi connectivity index (χ0v) is 15.2. The van der Waals surface area contributed by atoms with Gasteiger partial charge in [-0.15, -0.1) is 0 Å². The summed E-state index contributed by atoms with van der Waals surface area (Å²) >= 11 is 6.06. The molecule has 27 heavy (non-hydrogen) atoms. The minimum absolute atomic E-state index is 0.290. The number of para-hydroxylation sites is 1. The Morgan fingerprint density at radius 2 is 1.96 bits per heavy atom. The van der Waals surface area contributed by atoms with Crippen LogP contribution in [0, 0.1) is 0 Å². The highest BCUT2D eigenvalue weighted by molar-refractivity contribution is 6.31. The maximum absolute atomic E-state index is 13.1. The molecule has 4 aromatic rings. The molecule has 0 unspecified atom stereocenters. The van der Waals surface area contributed by atoms with Crippen LogP contribution in [-0.4, -0.2) is 18.0 Å². The smallest absolute Gasteiger partial charge is 0.256 e.